The van der Waals surface area contributed by atoms with Crippen LogP contribution in [-0.4, -0.2) is 20.1 Å². The Hall–Kier alpha value is -2.12. The van der Waals surface area contributed by atoms with Crippen molar-refractivity contribution in [1.82, 2.24) is 20.1 Å². The molecular weight excluding hydrogens is 310 g/mol. The molecule has 0 atom stereocenters. The zero-order chi connectivity index (χ0) is 14.7. The second-order valence-corrected chi connectivity index (χ2v) is 5.54. The molecule has 3 rings (SSSR count). The van der Waals surface area contributed by atoms with Crippen molar-refractivity contribution in [3.63, 3.8) is 0 Å². The van der Waals surface area contributed by atoms with Crippen LogP contribution in [0.1, 0.15) is 5.82 Å². The molecule has 8 heteroatoms. The monoisotopic (exact) mass is 319 g/mol. The van der Waals surface area contributed by atoms with E-state index in [1.807, 2.05) is 24.3 Å². The fraction of sp³-hybridized carbons (Fsp3) is 0.0769. The largest absolute Gasteiger partial charge is 0.382 e. The third-order valence-electron chi connectivity index (χ3n) is 2.56. The van der Waals surface area contributed by atoms with Crippen LogP contribution in [0.25, 0.3) is 11.6 Å². The van der Waals surface area contributed by atoms with Gasteiger partial charge in [-0.3, -0.25) is 0 Å². The number of nitrogens with two attached hydrogens (primary N) is 1. The maximum absolute atomic E-state index is 5.94. The Morgan fingerprint density at radius 1 is 1.24 bits per heavy atom. The van der Waals surface area contributed by atoms with E-state index in [-0.39, 0.29) is 11.7 Å². The highest BCUT2D eigenvalue weighted by molar-refractivity contribution is 7.98. The van der Waals surface area contributed by atoms with Gasteiger partial charge in [-0.05, 0) is 18.2 Å². The van der Waals surface area contributed by atoms with Crippen LogP contribution in [-0.2, 0) is 5.75 Å². The van der Waals surface area contributed by atoms with Gasteiger partial charge in [0.25, 0.3) is 5.89 Å². The zero-order valence-corrected chi connectivity index (χ0v) is 12.3. The number of hydrogen-bond donors (Lipinski definition) is 1. The SMILES string of the molecule is Nc1nccnc1-c1nc(CSc2cccc(Cl)c2)no1. The number of aromatic nitrogens is 4. The molecular formula is C13H10ClN5OS. The number of benzene rings is 1. The molecule has 0 aliphatic heterocycles. The van der Waals surface area contributed by atoms with Gasteiger partial charge < -0.3 is 10.3 Å². The first-order chi connectivity index (χ1) is 10.2. The van der Waals surface area contributed by atoms with Crippen LogP contribution < -0.4 is 5.73 Å². The fourth-order valence-corrected chi connectivity index (χ4v) is 2.68. The molecule has 0 bridgehead atoms. The lowest BCUT2D eigenvalue weighted by Crippen LogP contribution is -1.96. The molecule has 1 aromatic carbocycles. The van der Waals surface area contributed by atoms with Gasteiger partial charge >= 0.3 is 0 Å². The fourth-order valence-electron chi connectivity index (χ4n) is 1.63. The molecule has 6 nitrogen and oxygen atoms in total. The Bertz CT molecular complexity index is 764. The summed E-state index contributed by atoms with van der Waals surface area (Å²) in [5, 5.41) is 4.60. The van der Waals surface area contributed by atoms with Gasteiger partial charge in [0.2, 0.25) is 0 Å². The molecule has 106 valence electrons. The molecule has 0 saturated carbocycles. The predicted molar refractivity (Wildman–Crippen MR) is 80.7 cm³/mol. The predicted octanol–water partition coefficient (Wildman–Crippen LogP) is 3.05. The van der Waals surface area contributed by atoms with Crippen molar-refractivity contribution in [2.75, 3.05) is 5.73 Å². The third kappa shape index (κ3) is 3.32. The molecule has 2 aromatic heterocycles. The van der Waals surface area contributed by atoms with E-state index < -0.39 is 0 Å². The number of rotatable bonds is 4. The van der Waals surface area contributed by atoms with Crippen LogP contribution in [0.3, 0.4) is 0 Å². The molecule has 0 fully saturated rings. The first-order valence-corrected chi connectivity index (χ1v) is 7.36. The van der Waals surface area contributed by atoms with Crippen molar-refractivity contribution in [1.29, 1.82) is 0 Å². The smallest absolute Gasteiger partial charge is 0.280 e. The number of thioether (sulfide) groups is 1. The summed E-state index contributed by atoms with van der Waals surface area (Å²) in [6.45, 7) is 0. The third-order valence-corrected chi connectivity index (χ3v) is 3.79. The zero-order valence-electron chi connectivity index (χ0n) is 10.7. The lowest BCUT2D eigenvalue weighted by molar-refractivity contribution is 0.424. The summed E-state index contributed by atoms with van der Waals surface area (Å²) in [5.41, 5.74) is 6.11. The highest BCUT2D eigenvalue weighted by Gasteiger charge is 2.13. The van der Waals surface area contributed by atoms with Crippen LogP contribution in [0.5, 0.6) is 0 Å². The summed E-state index contributed by atoms with van der Waals surface area (Å²) >= 11 is 7.50. The second kappa shape index (κ2) is 6.11. The van der Waals surface area contributed by atoms with Crippen molar-refractivity contribution >= 4 is 29.2 Å². The minimum atomic E-state index is 0.259. The van der Waals surface area contributed by atoms with E-state index in [9.17, 15) is 0 Å². The van der Waals surface area contributed by atoms with Crippen LogP contribution in [0, 0.1) is 0 Å². The first kappa shape index (κ1) is 13.8. The van der Waals surface area contributed by atoms with Gasteiger partial charge in [0.1, 0.15) is 0 Å². The van der Waals surface area contributed by atoms with Gasteiger partial charge in [-0.15, -0.1) is 11.8 Å². The Balaban J connectivity index is 1.72. The average molecular weight is 320 g/mol. The van der Waals surface area contributed by atoms with Gasteiger partial charge in [-0.25, -0.2) is 9.97 Å². The van der Waals surface area contributed by atoms with Crippen LogP contribution in [0.4, 0.5) is 5.82 Å². The lowest BCUT2D eigenvalue weighted by atomic mass is 10.4. The first-order valence-electron chi connectivity index (χ1n) is 6.00. The van der Waals surface area contributed by atoms with Gasteiger partial charge in [0, 0.05) is 22.3 Å². The summed E-state index contributed by atoms with van der Waals surface area (Å²) in [7, 11) is 0. The van der Waals surface area contributed by atoms with E-state index in [1.165, 1.54) is 12.4 Å². The van der Waals surface area contributed by atoms with E-state index in [2.05, 4.69) is 20.1 Å². The Morgan fingerprint density at radius 2 is 2.10 bits per heavy atom. The molecule has 3 aromatic rings. The van der Waals surface area contributed by atoms with Crippen LogP contribution in [0.15, 0.2) is 46.1 Å². The summed E-state index contributed by atoms with van der Waals surface area (Å²) in [6.07, 6.45) is 3.03. The van der Waals surface area contributed by atoms with Crippen LogP contribution >= 0.6 is 23.4 Å². The molecule has 0 saturated heterocycles. The summed E-state index contributed by atoms with van der Waals surface area (Å²) in [4.78, 5) is 13.3. The number of nitrogen functional groups attached to an aromatic ring is 1. The highest BCUT2D eigenvalue weighted by atomic mass is 35.5. The summed E-state index contributed by atoms with van der Waals surface area (Å²) < 4.78 is 5.16. The minimum absolute atomic E-state index is 0.259. The van der Waals surface area contributed by atoms with Gasteiger partial charge in [0.05, 0.1) is 5.75 Å². The van der Waals surface area contributed by atoms with E-state index in [0.29, 0.717) is 22.3 Å². The van der Waals surface area contributed by atoms with Crippen molar-refractivity contribution < 1.29 is 4.52 Å². The van der Waals surface area contributed by atoms with Crippen molar-refractivity contribution in [2.24, 2.45) is 0 Å². The highest BCUT2D eigenvalue weighted by Crippen LogP contribution is 2.25. The number of nitrogens with zero attached hydrogens (tertiary/aromatic N) is 4. The van der Waals surface area contributed by atoms with Crippen molar-refractivity contribution in [3.8, 4) is 11.6 Å². The standard InChI is InChI=1S/C13H10ClN5OS/c14-8-2-1-3-9(6-8)21-7-10-18-13(20-19-10)11-12(15)17-5-4-16-11/h1-6H,7H2,(H2,15,17). The average Bonchev–Trinajstić information content (AvgIpc) is 2.94. The number of hydrogen-bond acceptors (Lipinski definition) is 7. The molecule has 0 amide bonds. The molecule has 0 aliphatic carbocycles. The number of anilines is 1. The lowest BCUT2D eigenvalue weighted by Gasteiger charge is -1.98. The van der Waals surface area contributed by atoms with E-state index in [0.717, 1.165) is 4.90 Å². The van der Waals surface area contributed by atoms with Crippen molar-refractivity contribution in [2.45, 2.75) is 10.6 Å². The molecule has 0 spiro atoms. The van der Waals surface area contributed by atoms with Crippen LogP contribution in [0.2, 0.25) is 5.02 Å². The topological polar surface area (TPSA) is 90.7 Å². The molecule has 21 heavy (non-hydrogen) atoms. The van der Waals surface area contributed by atoms with E-state index in [1.54, 1.807) is 11.8 Å². The molecule has 0 unspecified atom stereocenters. The molecule has 2 heterocycles. The van der Waals surface area contributed by atoms with Gasteiger partial charge in [-0.1, -0.05) is 22.8 Å². The Kier molecular flexibility index (Phi) is 4.03. The van der Waals surface area contributed by atoms with E-state index in [4.69, 9.17) is 21.9 Å². The van der Waals surface area contributed by atoms with E-state index >= 15 is 0 Å². The second-order valence-electron chi connectivity index (χ2n) is 4.05. The number of halogens is 1. The molecule has 2 N–H and O–H groups in total. The Labute approximate surface area is 129 Å². The molecule has 0 radical (unpaired) electrons. The summed E-state index contributed by atoms with van der Waals surface area (Å²) in [5.74, 6) is 1.64. The van der Waals surface area contributed by atoms with Gasteiger partial charge in [-0.2, -0.15) is 4.98 Å². The Morgan fingerprint density at radius 3 is 2.90 bits per heavy atom. The maximum Gasteiger partial charge on any atom is 0.280 e. The summed E-state index contributed by atoms with van der Waals surface area (Å²) in [6, 6.07) is 7.58. The minimum Gasteiger partial charge on any atom is -0.382 e. The van der Waals surface area contributed by atoms with Crippen molar-refractivity contribution in [3.05, 3.63) is 47.5 Å². The molecule has 0 aliphatic rings. The quantitative estimate of drug-likeness (QED) is 0.739. The van der Waals surface area contributed by atoms with Gasteiger partial charge in [0.15, 0.2) is 17.3 Å². The normalized spacial score (nSPS) is 10.7. The maximum atomic E-state index is 5.94.